The van der Waals surface area contributed by atoms with E-state index < -0.39 is 11.9 Å². The summed E-state index contributed by atoms with van der Waals surface area (Å²) >= 11 is 1.46. The Balaban J connectivity index is 1.85. The zero-order valence-electron chi connectivity index (χ0n) is 12.5. The molecule has 2 N–H and O–H groups in total. The predicted octanol–water partition coefficient (Wildman–Crippen LogP) is 2.63. The van der Waals surface area contributed by atoms with Crippen LogP contribution < -0.4 is 5.32 Å². The molecule has 3 rings (SSSR count). The van der Waals surface area contributed by atoms with Gasteiger partial charge in [-0.2, -0.15) is 5.26 Å². The molecule has 0 saturated heterocycles. The lowest BCUT2D eigenvalue weighted by atomic mass is 10.1. The highest BCUT2D eigenvalue weighted by molar-refractivity contribution is 7.18. The Morgan fingerprint density at radius 2 is 2.17 bits per heavy atom. The Morgan fingerprint density at radius 1 is 1.33 bits per heavy atom. The van der Waals surface area contributed by atoms with E-state index in [0.29, 0.717) is 16.6 Å². The Labute approximate surface area is 141 Å². The number of thiazole rings is 1. The number of aromatic nitrogens is 3. The fraction of sp³-hybridized carbons (Fsp3) is 0.188. The van der Waals surface area contributed by atoms with Gasteiger partial charge < -0.3 is 10.4 Å². The van der Waals surface area contributed by atoms with E-state index in [2.05, 4.69) is 26.3 Å². The maximum absolute atomic E-state index is 10.6. The number of carboxylic acids is 1. The van der Waals surface area contributed by atoms with Crippen LogP contribution in [-0.4, -0.2) is 32.6 Å². The molecule has 2 heterocycles. The monoisotopic (exact) mass is 339 g/mol. The molecule has 0 aliphatic heterocycles. The number of rotatable bonds is 6. The molecule has 0 bridgehead atoms. The molecule has 24 heavy (non-hydrogen) atoms. The molecule has 8 heteroatoms. The molecule has 0 saturated carbocycles. The minimum atomic E-state index is -0.900. The number of carboxylic acid groups (broad SMARTS) is 1. The van der Waals surface area contributed by atoms with E-state index in [0.717, 1.165) is 10.2 Å². The highest BCUT2D eigenvalue weighted by Gasteiger charge is 2.20. The van der Waals surface area contributed by atoms with Crippen LogP contribution in [-0.2, 0) is 4.79 Å². The third-order valence-corrected chi connectivity index (χ3v) is 4.38. The minimum Gasteiger partial charge on any atom is -0.481 e. The number of nitriles is 1. The second-order valence-corrected chi connectivity index (χ2v) is 6.02. The molecule has 0 aliphatic rings. The van der Waals surface area contributed by atoms with Crippen molar-refractivity contribution in [2.45, 2.75) is 12.3 Å². The van der Waals surface area contributed by atoms with E-state index in [4.69, 9.17) is 5.11 Å². The summed E-state index contributed by atoms with van der Waals surface area (Å²) in [4.78, 5) is 23.4. The normalized spacial score (nSPS) is 11.8. The molecule has 1 aromatic carbocycles. The average molecular weight is 339 g/mol. The molecule has 0 amide bonds. The molecule has 1 unspecified atom stereocenters. The van der Waals surface area contributed by atoms with Gasteiger partial charge in [0.25, 0.3) is 0 Å². The predicted molar refractivity (Wildman–Crippen MR) is 89.9 cm³/mol. The van der Waals surface area contributed by atoms with Gasteiger partial charge in [-0.15, -0.1) is 11.3 Å². The summed E-state index contributed by atoms with van der Waals surface area (Å²) < 4.78 is 1.02. The highest BCUT2D eigenvalue weighted by Crippen LogP contribution is 2.30. The van der Waals surface area contributed by atoms with Crippen molar-refractivity contribution in [3.63, 3.8) is 0 Å². The van der Waals surface area contributed by atoms with Gasteiger partial charge in [0.15, 0.2) is 0 Å². The Kier molecular flexibility index (Phi) is 4.63. The van der Waals surface area contributed by atoms with Crippen LogP contribution in [0.5, 0.6) is 0 Å². The molecule has 120 valence electrons. The summed E-state index contributed by atoms with van der Waals surface area (Å²) in [6, 6.07) is 11.6. The molecule has 1 atom stereocenters. The van der Waals surface area contributed by atoms with Crippen LogP contribution in [0.3, 0.4) is 0 Å². The number of carbonyl (C=O) groups is 1. The molecular weight excluding hydrogens is 326 g/mol. The molecule has 0 fully saturated rings. The van der Waals surface area contributed by atoms with Gasteiger partial charge in [-0.25, -0.2) is 15.0 Å². The molecule has 0 spiro atoms. The Morgan fingerprint density at radius 3 is 2.92 bits per heavy atom. The van der Waals surface area contributed by atoms with Crippen LogP contribution in [0.1, 0.15) is 23.0 Å². The van der Waals surface area contributed by atoms with E-state index in [1.54, 1.807) is 12.3 Å². The lowest BCUT2D eigenvalue weighted by Gasteiger charge is -2.08. The zero-order valence-corrected chi connectivity index (χ0v) is 13.3. The number of fused-ring (bicyclic) bond motifs is 1. The molecule has 7 nitrogen and oxygen atoms in total. The van der Waals surface area contributed by atoms with Crippen molar-refractivity contribution in [2.75, 3.05) is 11.9 Å². The van der Waals surface area contributed by atoms with Gasteiger partial charge in [0.2, 0.25) is 5.95 Å². The van der Waals surface area contributed by atoms with Crippen molar-refractivity contribution in [3.8, 4) is 6.07 Å². The molecule has 0 aliphatic carbocycles. The second kappa shape index (κ2) is 7.02. The highest BCUT2D eigenvalue weighted by atomic mass is 32.1. The third kappa shape index (κ3) is 3.47. The van der Waals surface area contributed by atoms with Crippen LogP contribution in [0.25, 0.3) is 10.2 Å². The zero-order chi connectivity index (χ0) is 16.9. The van der Waals surface area contributed by atoms with Crippen molar-refractivity contribution in [2.24, 2.45) is 0 Å². The van der Waals surface area contributed by atoms with Gasteiger partial charge >= 0.3 is 5.97 Å². The van der Waals surface area contributed by atoms with Gasteiger partial charge in [0, 0.05) is 12.7 Å². The van der Waals surface area contributed by atoms with E-state index in [1.807, 2.05) is 24.3 Å². The third-order valence-electron chi connectivity index (χ3n) is 3.28. The van der Waals surface area contributed by atoms with Crippen molar-refractivity contribution < 1.29 is 9.90 Å². The summed E-state index contributed by atoms with van der Waals surface area (Å²) in [5, 5.41) is 21.7. The summed E-state index contributed by atoms with van der Waals surface area (Å²) in [5.74, 6) is -1.19. The smallest absolute Gasteiger partial charge is 0.305 e. The fourth-order valence-electron chi connectivity index (χ4n) is 2.16. The fourth-order valence-corrected chi connectivity index (χ4v) is 3.19. The molecule has 3 aromatic rings. The van der Waals surface area contributed by atoms with Gasteiger partial charge in [-0.05, 0) is 18.2 Å². The number of hydrogen-bond acceptors (Lipinski definition) is 7. The molecule has 2 aromatic heterocycles. The first-order valence-corrected chi connectivity index (χ1v) is 8.02. The first kappa shape index (κ1) is 15.8. The largest absolute Gasteiger partial charge is 0.481 e. The van der Waals surface area contributed by atoms with Crippen molar-refractivity contribution in [1.29, 1.82) is 5.26 Å². The Hall–Kier alpha value is -3.05. The maximum Gasteiger partial charge on any atom is 0.305 e. The van der Waals surface area contributed by atoms with Gasteiger partial charge in [-0.1, -0.05) is 12.1 Å². The number of nitrogens with one attached hydrogen (secondary N) is 1. The first-order valence-electron chi connectivity index (χ1n) is 7.21. The van der Waals surface area contributed by atoms with Gasteiger partial charge in [0.05, 0.1) is 28.4 Å². The topological polar surface area (TPSA) is 112 Å². The van der Waals surface area contributed by atoms with Gasteiger partial charge in [0.1, 0.15) is 10.9 Å². The average Bonchev–Trinajstić information content (AvgIpc) is 2.99. The Bertz CT molecular complexity index is 885. The quantitative estimate of drug-likeness (QED) is 0.710. The standard InChI is InChI=1S/C16H13N5O2S/c17-9-10(15-20-12-3-1-2-4-13(12)24-15)11-5-7-18-16(21-11)19-8-6-14(22)23/h1-5,7,10H,6,8H2,(H,22,23)(H,18,19,21). The van der Waals surface area contributed by atoms with Crippen LogP contribution in [0.4, 0.5) is 5.95 Å². The number of aliphatic carboxylic acids is 1. The number of anilines is 1. The van der Waals surface area contributed by atoms with Crippen LogP contribution in [0, 0.1) is 11.3 Å². The van der Waals surface area contributed by atoms with Crippen LogP contribution in [0.15, 0.2) is 36.5 Å². The van der Waals surface area contributed by atoms with E-state index in [-0.39, 0.29) is 13.0 Å². The SMILES string of the molecule is N#CC(c1ccnc(NCCC(=O)O)n1)c1nc2ccccc2s1. The number of hydrogen-bond donors (Lipinski definition) is 2. The maximum atomic E-state index is 10.6. The summed E-state index contributed by atoms with van der Waals surface area (Å²) in [6.07, 6.45) is 1.51. The van der Waals surface area contributed by atoms with Crippen molar-refractivity contribution >= 4 is 33.5 Å². The summed E-state index contributed by atoms with van der Waals surface area (Å²) in [7, 11) is 0. The number of benzene rings is 1. The van der Waals surface area contributed by atoms with Crippen LogP contribution in [0.2, 0.25) is 0 Å². The number of para-hydroxylation sites is 1. The lowest BCUT2D eigenvalue weighted by Crippen LogP contribution is -2.11. The van der Waals surface area contributed by atoms with Gasteiger partial charge in [-0.3, -0.25) is 4.79 Å². The van der Waals surface area contributed by atoms with E-state index in [1.165, 1.54) is 11.3 Å². The first-order chi connectivity index (χ1) is 11.7. The summed E-state index contributed by atoms with van der Waals surface area (Å²) in [6.45, 7) is 0.219. The summed E-state index contributed by atoms with van der Waals surface area (Å²) in [5.41, 5.74) is 1.39. The minimum absolute atomic E-state index is 0.0346. The van der Waals surface area contributed by atoms with Crippen LogP contribution >= 0.6 is 11.3 Å². The molecular formula is C16H13N5O2S. The second-order valence-electron chi connectivity index (χ2n) is 4.96. The van der Waals surface area contributed by atoms with Crippen molar-refractivity contribution in [3.05, 3.63) is 47.2 Å². The number of nitrogens with zero attached hydrogens (tertiary/aromatic N) is 4. The van der Waals surface area contributed by atoms with E-state index >= 15 is 0 Å². The van der Waals surface area contributed by atoms with E-state index in [9.17, 15) is 10.1 Å². The lowest BCUT2D eigenvalue weighted by molar-refractivity contribution is -0.136. The molecule has 0 radical (unpaired) electrons. The van der Waals surface area contributed by atoms with Crippen molar-refractivity contribution in [1.82, 2.24) is 15.0 Å².